The molecule has 0 heterocycles. The van der Waals surface area contributed by atoms with Gasteiger partial charge in [-0.3, -0.25) is 15.0 Å². The highest BCUT2D eigenvalue weighted by atomic mass is 16.6. The lowest BCUT2D eigenvalue weighted by molar-refractivity contribution is -0.385. The van der Waals surface area contributed by atoms with Crippen LogP contribution in [-0.2, 0) is 4.74 Å². The molecule has 2 aromatic carbocycles. The maximum atomic E-state index is 12.4. The fraction of sp³-hybridized carbons (Fsp3) is 0.263. The Balaban J connectivity index is 2.52. The summed E-state index contributed by atoms with van der Waals surface area (Å²) in [6, 6.07) is 10.6. The van der Waals surface area contributed by atoms with Crippen LogP contribution in [0.4, 0.5) is 16.2 Å². The van der Waals surface area contributed by atoms with E-state index in [1.807, 2.05) is 0 Å². The van der Waals surface area contributed by atoms with Gasteiger partial charge in [-0.2, -0.15) is 0 Å². The number of carboxylic acid groups (broad SMARTS) is 1. The van der Waals surface area contributed by atoms with Gasteiger partial charge in [-0.1, -0.05) is 24.3 Å². The number of nitro groups is 1. The van der Waals surface area contributed by atoms with Crippen LogP contribution in [0.3, 0.4) is 0 Å². The third-order valence-electron chi connectivity index (χ3n) is 3.67. The number of aromatic carboxylic acids is 1. The van der Waals surface area contributed by atoms with Crippen LogP contribution >= 0.6 is 0 Å². The molecule has 0 aliphatic heterocycles. The van der Waals surface area contributed by atoms with E-state index in [9.17, 15) is 19.7 Å². The average molecular weight is 372 g/mol. The summed E-state index contributed by atoms with van der Waals surface area (Å²) in [7, 11) is 1.53. The van der Waals surface area contributed by atoms with E-state index in [1.165, 1.54) is 30.1 Å². The van der Waals surface area contributed by atoms with E-state index in [0.29, 0.717) is 16.8 Å². The minimum absolute atomic E-state index is 0.401. The van der Waals surface area contributed by atoms with E-state index in [1.54, 1.807) is 45.0 Å². The molecule has 0 saturated carbocycles. The predicted octanol–water partition coefficient (Wildman–Crippen LogP) is 4.33. The normalized spacial score (nSPS) is 11.0. The van der Waals surface area contributed by atoms with Gasteiger partial charge in [-0.05, 0) is 38.5 Å². The maximum absolute atomic E-state index is 12.4. The first-order valence-electron chi connectivity index (χ1n) is 8.09. The van der Waals surface area contributed by atoms with Crippen LogP contribution in [-0.4, -0.2) is 34.7 Å². The van der Waals surface area contributed by atoms with Gasteiger partial charge in [-0.15, -0.1) is 0 Å². The molecule has 142 valence electrons. The number of anilines is 1. The molecule has 2 rings (SSSR count). The van der Waals surface area contributed by atoms with Gasteiger partial charge in [-0.25, -0.2) is 9.59 Å². The third kappa shape index (κ3) is 4.60. The first-order valence-corrected chi connectivity index (χ1v) is 8.09. The maximum Gasteiger partial charge on any atom is 0.414 e. The van der Waals surface area contributed by atoms with Crippen LogP contribution in [0.2, 0.25) is 0 Å². The van der Waals surface area contributed by atoms with Crippen molar-refractivity contribution >= 4 is 23.4 Å². The summed E-state index contributed by atoms with van der Waals surface area (Å²) in [5.41, 5.74) is -0.174. The van der Waals surface area contributed by atoms with Gasteiger partial charge in [0, 0.05) is 18.7 Å². The number of hydrogen-bond acceptors (Lipinski definition) is 5. The van der Waals surface area contributed by atoms with Crippen LogP contribution in [0.15, 0.2) is 42.5 Å². The van der Waals surface area contributed by atoms with Crippen molar-refractivity contribution in [3.63, 3.8) is 0 Å². The van der Waals surface area contributed by atoms with Gasteiger partial charge in [0.2, 0.25) is 0 Å². The molecule has 1 N–H and O–H groups in total. The molecule has 0 fully saturated rings. The average Bonchev–Trinajstić information content (AvgIpc) is 2.59. The number of nitrogens with zero attached hydrogens (tertiary/aromatic N) is 2. The van der Waals surface area contributed by atoms with Crippen LogP contribution < -0.4 is 4.90 Å². The molecule has 0 bridgehead atoms. The molecule has 0 aliphatic carbocycles. The lowest BCUT2D eigenvalue weighted by Crippen LogP contribution is -2.34. The lowest BCUT2D eigenvalue weighted by Gasteiger charge is -2.26. The summed E-state index contributed by atoms with van der Waals surface area (Å²) in [4.78, 5) is 35.4. The van der Waals surface area contributed by atoms with Gasteiger partial charge in [0.05, 0.1) is 10.6 Å². The van der Waals surface area contributed by atoms with Crippen molar-refractivity contribution in [2.75, 3.05) is 11.9 Å². The zero-order valence-electron chi connectivity index (χ0n) is 15.4. The monoisotopic (exact) mass is 372 g/mol. The summed E-state index contributed by atoms with van der Waals surface area (Å²) in [6.45, 7) is 5.25. The summed E-state index contributed by atoms with van der Waals surface area (Å²) in [5, 5.41) is 20.4. The SMILES string of the molecule is CN(C(=O)OC(C)(C)C)c1ccccc1-c1ccc(C(=O)O)c([N+](=O)[O-])c1. The third-order valence-corrected chi connectivity index (χ3v) is 3.67. The topological polar surface area (TPSA) is 110 Å². The minimum atomic E-state index is -1.38. The Bertz CT molecular complexity index is 901. The van der Waals surface area contributed by atoms with Gasteiger partial charge in [0.1, 0.15) is 11.2 Å². The Morgan fingerprint density at radius 1 is 1.15 bits per heavy atom. The summed E-state index contributed by atoms with van der Waals surface area (Å²) in [5.74, 6) is -1.38. The second-order valence-electron chi connectivity index (χ2n) is 6.85. The zero-order chi connectivity index (χ0) is 20.4. The molecule has 8 heteroatoms. The number of benzene rings is 2. The molecule has 0 unspecified atom stereocenters. The number of amides is 1. The van der Waals surface area contributed by atoms with Gasteiger partial charge < -0.3 is 9.84 Å². The second-order valence-corrected chi connectivity index (χ2v) is 6.85. The van der Waals surface area contributed by atoms with E-state index < -0.39 is 33.8 Å². The summed E-state index contributed by atoms with van der Waals surface area (Å²) < 4.78 is 5.36. The van der Waals surface area contributed by atoms with Gasteiger partial charge >= 0.3 is 12.1 Å². The molecule has 8 nitrogen and oxygen atoms in total. The number of carbonyl (C=O) groups is 2. The molecule has 27 heavy (non-hydrogen) atoms. The molecular formula is C19H20N2O6. The Labute approximate surface area is 156 Å². The van der Waals surface area contributed by atoms with Crippen molar-refractivity contribution in [1.82, 2.24) is 0 Å². The number of carbonyl (C=O) groups excluding carboxylic acids is 1. The Morgan fingerprint density at radius 2 is 1.78 bits per heavy atom. The fourth-order valence-electron chi connectivity index (χ4n) is 2.47. The lowest BCUT2D eigenvalue weighted by atomic mass is 10.0. The predicted molar refractivity (Wildman–Crippen MR) is 100 cm³/mol. The van der Waals surface area contributed by atoms with Crippen molar-refractivity contribution in [1.29, 1.82) is 0 Å². The van der Waals surface area contributed by atoms with E-state index in [0.717, 1.165) is 0 Å². The number of ether oxygens (including phenoxy) is 1. The van der Waals surface area contributed by atoms with E-state index in [4.69, 9.17) is 9.84 Å². The van der Waals surface area contributed by atoms with Gasteiger partial charge in [0.15, 0.2) is 0 Å². The van der Waals surface area contributed by atoms with Crippen LogP contribution in [0.1, 0.15) is 31.1 Å². The van der Waals surface area contributed by atoms with Crippen molar-refractivity contribution < 1.29 is 24.4 Å². The van der Waals surface area contributed by atoms with E-state index in [-0.39, 0.29) is 0 Å². The first kappa shape index (κ1) is 19.9. The Kier molecular flexibility index (Phi) is 5.49. The fourth-order valence-corrected chi connectivity index (χ4v) is 2.47. The van der Waals surface area contributed by atoms with E-state index in [2.05, 4.69) is 0 Å². The van der Waals surface area contributed by atoms with Crippen LogP contribution in [0.5, 0.6) is 0 Å². The number of para-hydroxylation sites is 1. The van der Waals surface area contributed by atoms with Crippen LogP contribution in [0, 0.1) is 10.1 Å². The zero-order valence-corrected chi connectivity index (χ0v) is 15.4. The molecule has 1 amide bonds. The molecule has 0 radical (unpaired) electrons. The Morgan fingerprint density at radius 3 is 2.33 bits per heavy atom. The number of nitro benzene ring substituents is 1. The Hall–Kier alpha value is -3.42. The highest BCUT2D eigenvalue weighted by Crippen LogP contribution is 2.34. The highest BCUT2D eigenvalue weighted by molar-refractivity contribution is 5.96. The molecule has 0 saturated heterocycles. The molecule has 2 aromatic rings. The standard InChI is InChI=1S/C19H20N2O6/c1-19(2,3)27-18(24)20(4)15-8-6-5-7-13(15)12-9-10-14(17(22)23)16(11-12)21(25)26/h5-11H,1-4H3,(H,22,23). The van der Waals surface area contributed by atoms with Crippen molar-refractivity contribution in [3.8, 4) is 11.1 Å². The van der Waals surface area contributed by atoms with Crippen molar-refractivity contribution in [2.45, 2.75) is 26.4 Å². The largest absolute Gasteiger partial charge is 0.477 e. The molecule has 0 aromatic heterocycles. The second kappa shape index (κ2) is 7.45. The van der Waals surface area contributed by atoms with E-state index >= 15 is 0 Å². The molecule has 0 atom stereocenters. The minimum Gasteiger partial charge on any atom is -0.477 e. The quantitative estimate of drug-likeness (QED) is 0.632. The van der Waals surface area contributed by atoms with Crippen LogP contribution in [0.25, 0.3) is 11.1 Å². The highest BCUT2D eigenvalue weighted by Gasteiger charge is 2.24. The number of carboxylic acids is 1. The smallest absolute Gasteiger partial charge is 0.414 e. The van der Waals surface area contributed by atoms with Crippen molar-refractivity contribution in [3.05, 3.63) is 58.1 Å². The molecular weight excluding hydrogens is 352 g/mol. The first-order chi connectivity index (χ1) is 12.5. The van der Waals surface area contributed by atoms with Gasteiger partial charge in [0.25, 0.3) is 5.69 Å². The summed E-state index contributed by atoms with van der Waals surface area (Å²) >= 11 is 0. The number of hydrogen-bond donors (Lipinski definition) is 1. The summed E-state index contributed by atoms with van der Waals surface area (Å²) in [6.07, 6.45) is -0.577. The molecule has 0 spiro atoms. The number of rotatable bonds is 4. The van der Waals surface area contributed by atoms with Crippen molar-refractivity contribution in [2.24, 2.45) is 0 Å². The molecule has 0 aliphatic rings.